The maximum atomic E-state index is 13.0. The van der Waals surface area contributed by atoms with Gasteiger partial charge in [0.2, 0.25) is 0 Å². The fourth-order valence-electron chi connectivity index (χ4n) is 0.950. The van der Waals surface area contributed by atoms with E-state index in [0.717, 1.165) is 12.1 Å². The maximum Gasteiger partial charge on any atom is 0.304 e. The molecule has 0 saturated carbocycles. The van der Waals surface area contributed by atoms with Crippen LogP contribution in [0, 0.1) is 11.6 Å². The number of carbonyl (C=O) groups is 1. The predicted octanol–water partition coefficient (Wildman–Crippen LogP) is 1.55. The van der Waals surface area contributed by atoms with Crippen LogP contribution >= 0.6 is 0 Å². The minimum atomic E-state index is -1.75. The van der Waals surface area contributed by atoms with Crippen LogP contribution in [0.25, 0.3) is 0 Å². The average Bonchev–Trinajstić information content (AvgIpc) is 2.14. The Morgan fingerprint density at radius 3 is 2.60 bits per heavy atom. The van der Waals surface area contributed by atoms with Crippen molar-refractivity contribution in [3.05, 3.63) is 29.8 Å². The summed E-state index contributed by atoms with van der Waals surface area (Å²) in [4.78, 5) is 10.0. The first-order valence-corrected chi connectivity index (χ1v) is 5.38. The fraction of sp³-hybridized carbons (Fsp3) is 0.222. The second-order valence-corrected chi connectivity index (χ2v) is 4.31. The molecule has 0 fully saturated rings. The van der Waals surface area contributed by atoms with Gasteiger partial charge in [-0.1, -0.05) is 0 Å². The Kier molecular flexibility index (Phi) is 3.90. The summed E-state index contributed by atoms with van der Waals surface area (Å²) in [6.07, 6.45) is -0.316. The molecule has 0 heterocycles. The fourth-order valence-corrected chi connectivity index (χ4v) is 2.03. The lowest BCUT2D eigenvalue weighted by Gasteiger charge is -2.01. The van der Waals surface area contributed by atoms with Gasteiger partial charge in [-0.3, -0.25) is 9.00 Å². The van der Waals surface area contributed by atoms with Crippen molar-refractivity contribution in [2.24, 2.45) is 0 Å². The lowest BCUT2D eigenvalue weighted by atomic mass is 10.3. The Morgan fingerprint density at radius 1 is 1.40 bits per heavy atom. The molecule has 1 unspecified atom stereocenters. The normalized spacial score (nSPS) is 12.4. The van der Waals surface area contributed by atoms with Gasteiger partial charge in [-0.05, 0) is 12.1 Å². The van der Waals surface area contributed by atoms with Crippen LogP contribution in [0.4, 0.5) is 8.78 Å². The van der Waals surface area contributed by atoms with Gasteiger partial charge < -0.3 is 5.11 Å². The lowest BCUT2D eigenvalue weighted by Crippen LogP contribution is -2.06. The van der Waals surface area contributed by atoms with E-state index in [4.69, 9.17) is 5.11 Å². The minimum absolute atomic E-state index is 0.169. The summed E-state index contributed by atoms with van der Waals surface area (Å²) in [6, 6.07) is 2.66. The van der Waals surface area contributed by atoms with Crippen LogP contribution < -0.4 is 0 Å². The van der Waals surface area contributed by atoms with Gasteiger partial charge in [-0.25, -0.2) is 8.78 Å². The minimum Gasteiger partial charge on any atom is -0.481 e. The van der Waals surface area contributed by atoms with E-state index in [1.807, 2.05) is 0 Å². The number of rotatable bonds is 4. The van der Waals surface area contributed by atoms with Crippen LogP contribution in [0.2, 0.25) is 0 Å². The van der Waals surface area contributed by atoms with Crippen LogP contribution in [-0.4, -0.2) is 21.0 Å². The molecule has 1 N–H and O–H groups in total. The SMILES string of the molecule is O=C(O)CCS(=O)c1ccc(F)cc1F. The number of halogens is 2. The zero-order chi connectivity index (χ0) is 11.4. The summed E-state index contributed by atoms with van der Waals surface area (Å²) in [5.74, 6) is -2.96. The molecule has 6 heteroatoms. The highest BCUT2D eigenvalue weighted by atomic mass is 32.2. The third-order valence-electron chi connectivity index (χ3n) is 1.64. The molecule has 0 radical (unpaired) electrons. The molecule has 0 aliphatic rings. The first kappa shape index (κ1) is 11.8. The van der Waals surface area contributed by atoms with Crippen molar-refractivity contribution in [3.8, 4) is 0 Å². The van der Waals surface area contributed by atoms with E-state index in [-0.39, 0.29) is 17.1 Å². The summed E-state index contributed by atoms with van der Waals surface area (Å²) in [5.41, 5.74) is 0. The summed E-state index contributed by atoms with van der Waals surface area (Å²) in [7, 11) is -1.75. The first-order chi connectivity index (χ1) is 7.00. The van der Waals surface area contributed by atoms with E-state index >= 15 is 0 Å². The third kappa shape index (κ3) is 3.39. The second kappa shape index (κ2) is 4.97. The summed E-state index contributed by atoms with van der Waals surface area (Å²) in [6.45, 7) is 0. The second-order valence-electron chi connectivity index (χ2n) is 2.77. The summed E-state index contributed by atoms with van der Waals surface area (Å²) in [5, 5.41) is 8.33. The first-order valence-electron chi connectivity index (χ1n) is 4.06. The maximum absolute atomic E-state index is 13.0. The van der Waals surface area contributed by atoms with E-state index < -0.39 is 28.4 Å². The van der Waals surface area contributed by atoms with Crippen molar-refractivity contribution in [1.29, 1.82) is 0 Å². The Balaban J connectivity index is 2.78. The molecule has 1 aromatic carbocycles. The Bertz CT molecular complexity index is 406. The summed E-state index contributed by atoms with van der Waals surface area (Å²) >= 11 is 0. The van der Waals surface area contributed by atoms with E-state index in [2.05, 4.69) is 0 Å². The highest BCUT2D eigenvalue weighted by molar-refractivity contribution is 7.85. The third-order valence-corrected chi connectivity index (χ3v) is 3.04. The van der Waals surface area contributed by atoms with Crippen LogP contribution in [-0.2, 0) is 15.6 Å². The molecule has 0 aliphatic carbocycles. The van der Waals surface area contributed by atoms with E-state index in [1.165, 1.54) is 0 Å². The van der Waals surface area contributed by atoms with Crippen molar-refractivity contribution in [2.45, 2.75) is 11.3 Å². The van der Waals surface area contributed by atoms with E-state index in [9.17, 15) is 17.8 Å². The van der Waals surface area contributed by atoms with Crippen molar-refractivity contribution < 1.29 is 22.9 Å². The molecule has 0 saturated heterocycles. The van der Waals surface area contributed by atoms with Crippen molar-refractivity contribution >= 4 is 16.8 Å². The lowest BCUT2D eigenvalue weighted by molar-refractivity contribution is -0.136. The zero-order valence-corrected chi connectivity index (χ0v) is 8.39. The number of hydrogen-bond acceptors (Lipinski definition) is 2. The van der Waals surface area contributed by atoms with Gasteiger partial charge >= 0.3 is 5.97 Å². The number of benzene rings is 1. The summed E-state index contributed by atoms with van der Waals surface area (Å²) < 4.78 is 36.9. The standard InChI is InChI=1S/C9H8F2O3S/c10-6-1-2-8(7(11)5-6)15(14)4-3-9(12)13/h1-2,5H,3-4H2,(H,12,13). The average molecular weight is 234 g/mol. The zero-order valence-electron chi connectivity index (χ0n) is 7.57. The number of carboxylic acids is 1. The molecule has 0 bridgehead atoms. The Morgan fingerprint density at radius 2 is 2.07 bits per heavy atom. The number of hydrogen-bond donors (Lipinski definition) is 1. The molecule has 0 spiro atoms. The van der Waals surface area contributed by atoms with Crippen LogP contribution in [0.1, 0.15) is 6.42 Å². The molecule has 0 aliphatic heterocycles. The van der Waals surface area contributed by atoms with Gasteiger partial charge in [-0.2, -0.15) is 0 Å². The molecule has 0 amide bonds. The predicted molar refractivity (Wildman–Crippen MR) is 49.9 cm³/mol. The largest absolute Gasteiger partial charge is 0.481 e. The highest BCUT2D eigenvalue weighted by Crippen LogP contribution is 2.14. The van der Waals surface area contributed by atoms with Crippen LogP contribution in [0.3, 0.4) is 0 Å². The van der Waals surface area contributed by atoms with Crippen LogP contribution in [0.5, 0.6) is 0 Å². The Labute approximate surface area is 87.2 Å². The monoisotopic (exact) mass is 234 g/mol. The van der Waals surface area contributed by atoms with Crippen molar-refractivity contribution in [3.63, 3.8) is 0 Å². The van der Waals surface area contributed by atoms with Crippen molar-refractivity contribution in [1.82, 2.24) is 0 Å². The molecule has 3 nitrogen and oxygen atoms in total. The van der Waals surface area contributed by atoms with Gasteiger partial charge in [0.05, 0.1) is 22.1 Å². The quantitative estimate of drug-likeness (QED) is 0.859. The van der Waals surface area contributed by atoms with Crippen LogP contribution in [0.15, 0.2) is 23.1 Å². The Hall–Kier alpha value is -1.30. The van der Waals surface area contributed by atoms with Gasteiger partial charge in [0.15, 0.2) is 0 Å². The van der Waals surface area contributed by atoms with Crippen molar-refractivity contribution in [2.75, 3.05) is 5.75 Å². The van der Waals surface area contributed by atoms with E-state index in [1.54, 1.807) is 0 Å². The molecular weight excluding hydrogens is 226 g/mol. The highest BCUT2D eigenvalue weighted by Gasteiger charge is 2.12. The number of aliphatic carboxylic acids is 1. The molecule has 1 atom stereocenters. The van der Waals surface area contributed by atoms with Gasteiger partial charge in [0, 0.05) is 11.8 Å². The van der Waals surface area contributed by atoms with Gasteiger partial charge in [-0.15, -0.1) is 0 Å². The smallest absolute Gasteiger partial charge is 0.304 e. The van der Waals surface area contributed by atoms with E-state index in [0.29, 0.717) is 6.07 Å². The topological polar surface area (TPSA) is 54.4 Å². The molecule has 1 aromatic rings. The molecule has 15 heavy (non-hydrogen) atoms. The van der Waals surface area contributed by atoms with Gasteiger partial charge in [0.1, 0.15) is 11.6 Å². The van der Waals surface area contributed by atoms with Gasteiger partial charge in [0.25, 0.3) is 0 Å². The number of carboxylic acid groups (broad SMARTS) is 1. The molecular formula is C9H8F2O3S. The molecule has 1 rings (SSSR count). The molecule has 82 valence electrons. The molecule has 0 aromatic heterocycles.